The maximum atomic E-state index is 12.9. The summed E-state index contributed by atoms with van der Waals surface area (Å²) in [7, 11) is 1.60. The Morgan fingerprint density at radius 3 is 2.55 bits per heavy atom. The maximum absolute atomic E-state index is 12.9. The smallest absolute Gasteiger partial charge is 0.254 e. The third-order valence-electron chi connectivity index (χ3n) is 5.20. The summed E-state index contributed by atoms with van der Waals surface area (Å²) in [5, 5.41) is 3.26. The second-order valence-corrected chi connectivity index (χ2v) is 7.51. The van der Waals surface area contributed by atoms with Crippen LogP contribution < -0.4 is 15.0 Å². The summed E-state index contributed by atoms with van der Waals surface area (Å²) in [6.45, 7) is 6.56. The van der Waals surface area contributed by atoms with Gasteiger partial charge in [0.15, 0.2) is 0 Å². The summed E-state index contributed by atoms with van der Waals surface area (Å²) < 4.78 is 5.24. The molecule has 1 aromatic carbocycles. The quantitative estimate of drug-likeness (QED) is 0.681. The zero-order valence-corrected chi connectivity index (χ0v) is 18.0. The van der Waals surface area contributed by atoms with E-state index in [1.54, 1.807) is 19.4 Å². The van der Waals surface area contributed by atoms with Gasteiger partial charge in [0.2, 0.25) is 0 Å². The lowest BCUT2D eigenvalue weighted by atomic mass is 10.1. The zero-order valence-electron chi connectivity index (χ0n) is 18.0. The Kier molecular flexibility index (Phi) is 5.97. The molecule has 8 heteroatoms. The number of amides is 1. The molecule has 3 aromatic rings. The molecule has 31 heavy (non-hydrogen) atoms. The van der Waals surface area contributed by atoms with Crippen molar-refractivity contribution in [2.24, 2.45) is 0 Å². The van der Waals surface area contributed by atoms with Gasteiger partial charge >= 0.3 is 0 Å². The van der Waals surface area contributed by atoms with Crippen LogP contribution in [0.15, 0.2) is 48.7 Å². The van der Waals surface area contributed by atoms with Crippen LogP contribution in [0.5, 0.6) is 5.75 Å². The first-order chi connectivity index (χ1) is 15.0. The highest BCUT2D eigenvalue weighted by Gasteiger charge is 2.23. The van der Waals surface area contributed by atoms with E-state index in [0.29, 0.717) is 49.1 Å². The molecule has 0 bridgehead atoms. The van der Waals surface area contributed by atoms with Crippen molar-refractivity contribution in [3.63, 3.8) is 0 Å². The molecule has 0 aliphatic carbocycles. The Morgan fingerprint density at radius 2 is 1.81 bits per heavy atom. The number of benzene rings is 1. The third kappa shape index (κ3) is 4.91. The lowest BCUT2D eigenvalue weighted by Crippen LogP contribution is -2.49. The fourth-order valence-corrected chi connectivity index (χ4v) is 3.59. The van der Waals surface area contributed by atoms with Gasteiger partial charge in [-0.05, 0) is 49.7 Å². The number of methoxy groups -OCH3 is 1. The largest absolute Gasteiger partial charge is 0.497 e. The minimum atomic E-state index is 0.0188. The van der Waals surface area contributed by atoms with Crippen LogP contribution in [-0.2, 0) is 0 Å². The van der Waals surface area contributed by atoms with Gasteiger partial charge in [-0.3, -0.25) is 4.79 Å². The van der Waals surface area contributed by atoms with Gasteiger partial charge in [0.1, 0.15) is 29.0 Å². The van der Waals surface area contributed by atoms with E-state index < -0.39 is 0 Å². The van der Waals surface area contributed by atoms with E-state index in [2.05, 4.69) is 25.2 Å². The molecule has 0 saturated carbocycles. The SMILES string of the molecule is COc1cccc(C(=O)N2CCN(c3cc(Nc4cc(C)ccn4)nc(C)n3)CC2)c1. The lowest BCUT2D eigenvalue weighted by Gasteiger charge is -2.35. The van der Waals surface area contributed by atoms with Crippen molar-refractivity contribution in [3.05, 3.63) is 65.6 Å². The molecule has 1 aliphatic heterocycles. The number of piperazine rings is 1. The minimum Gasteiger partial charge on any atom is -0.497 e. The molecule has 0 radical (unpaired) electrons. The number of ether oxygens (including phenoxy) is 1. The van der Waals surface area contributed by atoms with Crippen molar-refractivity contribution in [3.8, 4) is 5.75 Å². The van der Waals surface area contributed by atoms with E-state index >= 15 is 0 Å². The Labute approximate surface area is 181 Å². The number of aromatic nitrogens is 3. The van der Waals surface area contributed by atoms with E-state index in [1.807, 2.05) is 55.1 Å². The molecule has 0 atom stereocenters. The minimum absolute atomic E-state index is 0.0188. The van der Waals surface area contributed by atoms with Crippen molar-refractivity contribution in [2.75, 3.05) is 43.5 Å². The van der Waals surface area contributed by atoms with Gasteiger partial charge in [0.05, 0.1) is 7.11 Å². The van der Waals surface area contributed by atoms with E-state index in [4.69, 9.17) is 4.74 Å². The highest BCUT2D eigenvalue weighted by atomic mass is 16.5. The van der Waals surface area contributed by atoms with E-state index in [-0.39, 0.29) is 5.91 Å². The second kappa shape index (κ2) is 8.99. The number of anilines is 3. The van der Waals surface area contributed by atoms with Crippen LogP contribution in [0.25, 0.3) is 0 Å². The third-order valence-corrected chi connectivity index (χ3v) is 5.20. The van der Waals surface area contributed by atoms with Gasteiger partial charge < -0.3 is 19.9 Å². The fraction of sp³-hybridized carbons (Fsp3) is 0.304. The zero-order chi connectivity index (χ0) is 21.8. The van der Waals surface area contributed by atoms with E-state index in [9.17, 15) is 4.79 Å². The number of nitrogens with zero attached hydrogens (tertiary/aromatic N) is 5. The normalized spacial score (nSPS) is 13.8. The van der Waals surface area contributed by atoms with Crippen LogP contribution in [0.3, 0.4) is 0 Å². The molecule has 1 fully saturated rings. The Balaban J connectivity index is 1.43. The second-order valence-electron chi connectivity index (χ2n) is 7.51. The maximum Gasteiger partial charge on any atom is 0.254 e. The Morgan fingerprint density at radius 1 is 1.00 bits per heavy atom. The number of pyridine rings is 1. The molecule has 8 nitrogen and oxygen atoms in total. The number of aryl methyl sites for hydroxylation is 2. The average molecular weight is 419 g/mol. The van der Waals surface area contributed by atoms with Crippen molar-refractivity contribution in [2.45, 2.75) is 13.8 Å². The van der Waals surface area contributed by atoms with Crippen LogP contribution in [-0.4, -0.2) is 59.0 Å². The standard InChI is InChI=1S/C23H26N6O2/c1-16-7-8-24-20(13-16)27-21-15-22(26-17(2)25-21)28-9-11-29(12-10-28)23(30)18-5-4-6-19(14-18)31-3/h4-8,13-15H,9-12H2,1-3H3,(H,24,25,26,27). The van der Waals surface area contributed by atoms with Gasteiger partial charge in [-0.1, -0.05) is 6.07 Å². The number of hydrogen-bond donors (Lipinski definition) is 1. The first-order valence-electron chi connectivity index (χ1n) is 10.3. The Bertz CT molecular complexity index is 1080. The highest BCUT2D eigenvalue weighted by molar-refractivity contribution is 5.94. The molecular weight excluding hydrogens is 392 g/mol. The van der Waals surface area contributed by atoms with Crippen molar-refractivity contribution < 1.29 is 9.53 Å². The molecule has 1 amide bonds. The first kappa shape index (κ1) is 20.6. The van der Waals surface area contributed by atoms with Gasteiger partial charge in [-0.25, -0.2) is 15.0 Å². The predicted octanol–water partition coefficient (Wildman–Crippen LogP) is 3.20. The summed E-state index contributed by atoms with van der Waals surface area (Å²) in [6, 6.07) is 13.1. The van der Waals surface area contributed by atoms with E-state index in [1.165, 1.54) is 0 Å². The summed E-state index contributed by atoms with van der Waals surface area (Å²) in [5.74, 6) is 3.68. The van der Waals surface area contributed by atoms with Gasteiger partial charge in [-0.15, -0.1) is 0 Å². The van der Waals surface area contributed by atoms with Crippen molar-refractivity contribution in [1.82, 2.24) is 19.9 Å². The number of carbonyl (C=O) groups excluding carboxylic acids is 1. The van der Waals surface area contributed by atoms with Crippen LogP contribution in [0, 0.1) is 13.8 Å². The Hall–Kier alpha value is -3.68. The predicted molar refractivity (Wildman–Crippen MR) is 120 cm³/mol. The average Bonchev–Trinajstić information content (AvgIpc) is 2.78. The molecule has 4 rings (SSSR count). The summed E-state index contributed by atoms with van der Waals surface area (Å²) in [4.78, 5) is 30.3. The number of hydrogen-bond acceptors (Lipinski definition) is 7. The summed E-state index contributed by atoms with van der Waals surface area (Å²) >= 11 is 0. The van der Waals surface area contributed by atoms with Crippen LogP contribution in [0.1, 0.15) is 21.7 Å². The molecule has 160 valence electrons. The summed E-state index contributed by atoms with van der Waals surface area (Å²) in [6.07, 6.45) is 1.77. The fourth-order valence-electron chi connectivity index (χ4n) is 3.59. The van der Waals surface area contributed by atoms with Gasteiger partial charge in [0.25, 0.3) is 5.91 Å². The van der Waals surface area contributed by atoms with Crippen LogP contribution in [0.4, 0.5) is 17.5 Å². The molecular formula is C23H26N6O2. The molecule has 2 aromatic heterocycles. The van der Waals surface area contributed by atoms with Crippen LogP contribution >= 0.6 is 0 Å². The molecule has 3 heterocycles. The van der Waals surface area contributed by atoms with Gasteiger partial charge in [0, 0.05) is 44.0 Å². The topological polar surface area (TPSA) is 83.5 Å². The van der Waals surface area contributed by atoms with Crippen LogP contribution in [0.2, 0.25) is 0 Å². The molecule has 0 unspecified atom stereocenters. The summed E-state index contributed by atoms with van der Waals surface area (Å²) in [5.41, 5.74) is 1.77. The van der Waals surface area contributed by atoms with E-state index in [0.717, 1.165) is 17.2 Å². The molecule has 1 N–H and O–H groups in total. The monoisotopic (exact) mass is 418 g/mol. The lowest BCUT2D eigenvalue weighted by molar-refractivity contribution is 0.0746. The highest BCUT2D eigenvalue weighted by Crippen LogP contribution is 2.21. The molecule has 1 aliphatic rings. The molecule has 0 spiro atoms. The number of rotatable bonds is 5. The van der Waals surface area contributed by atoms with Gasteiger partial charge in [-0.2, -0.15) is 0 Å². The van der Waals surface area contributed by atoms with Crippen molar-refractivity contribution in [1.29, 1.82) is 0 Å². The molecule has 1 saturated heterocycles. The van der Waals surface area contributed by atoms with Crippen molar-refractivity contribution >= 4 is 23.4 Å². The number of nitrogens with one attached hydrogen (secondary N) is 1. The number of carbonyl (C=O) groups is 1. The first-order valence-corrected chi connectivity index (χ1v) is 10.3.